The van der Waals surface area contributed by atoms with Crippen molar-refractivity contribution in [1.82, 2.24) is 0 Å². The number of fused-ring (bicyclic) bond motifs is 1. The van der Waals surface area contributed by atoms with Crippen LogP contribution in [-0.2, 0) is 6.42 Å². The number of allylic oxidation sites excluding steroid dienone is 1. The van der Waals surface area contributed by atoms with Gasteiger partial charge in [-0.15, -0.1) is 0 Å². The SMILES string of the molecule is CCCc1cc(O)c2c(c1)O[C@@](C)(C/C=C/C(C)C)C=C2. The summed E-state index contributed by atoms with van der Waals surface area (Å²) in [7, 11) is 0. The van der Waals surface area contributed by atoms with E-state index in [0.717, 1.165) is 36.1 Å². The Kier molecular flexibility index (Phi) is 4.76. The minimum Gasteiger partial charge on any atom is -0.507 e. The lowest BCUT2D eigenvalue weighted by Gasteiger charge is -2.31. The molecule has 0 spiro atoms. The fraction of sp³-hybridized carbons (Fsp3) is 0.474. The van der Waals surface area contributed by atoms with Crippen LogP contribution in [0.4, 0.5) is 0 Å². The van der Waals surface area contributed by atoms with Crippen molar-refractivity contribution in [2.75, 3.05) is 0 Å². The van der Waals surface area contributed by atoms with Crippen molar-refractivity contribution in [2.45, 2.75) is 52.6 Å². The van der Waals surface area contributed by atoms with Crippen LogP contribution >= 0.6 is 0 Å². The first-order valence-electron chi connectivity index (χ1n) is 7.84. The minimum absolute atomic E-state index is 0.312. The van der Waals surface area contributed by atoms with Gasteiger partial charge in [0.25, 0.3) is 0 Å². The third-order valence-corrected chi connectivity index (χ3v) is 3.71. The van der Waals surface area contributed by atoms with Crippen molar-refractivity contribution in [3.8, 4) is 11.5 Å². The van der Waals surface area contributed by atoms with Gasteiger partial charge in [0.2, 0.25) is 0 Å². The molecule has 0 fully saturated rings. The summed E-state index contributed by atoms with van der Waals surface area (Å²) in [4.78, 5) is 0. The van der Waals surface area contributed by atoms with Crippen LogP contribution < -0.4 is 4.74 Å². The van der Waals surface area contributed by atoms with E-state index in [1.165, 1.54) is 0 Å². The largest absolute Gasteiger partial charge is 0.507 e. The number of hydrogen-bond donors (Lipinski definition) is 1. The Bertz CT molecular complexity index is 555. The highest BCUT2D eigenvalue weighted by Gasteiger charge is 2.27. The third-order valence-electron chi connectivity index (χ3n) is 3.71. The molecule has 1 aliphatic rings. The Hall–Kier alpha value is -1.70. The van der Waals surface area contributed by atoms with Crippen molar-refractivity contribution in [2.24, 2.45) is 5.92 Å². The standard InChI is InChI=1S/C19H26O2/c1-5-7-15-12-17(20)16-9-11-19(4,21-18(16)13-15)10-6-8-14(2)3/h6,8-9,11-14,20H,5,7,10H2,1-4H3/b8-6+/t19-/m0/s1. The predicted molar refractivity (Wildman–Crippen MR) is 88.8 cm³/mol. The Morgan fingerprint density at radius 1 is 1.33 bits per heavy atom. The first kappa shape index (κ1) is 15.7. The zero-order chi connectivity index (χ0) is 15.5. The van der Waals surface area contributed by atoms with Crippen LogP contribution in [-0.4, -0.2) is 10.7 Å². The molecule has 0 bridgehead atoms. The van der Waals surface area contributed by atoms with Crippen molar-refractivity contribution >= 4 is 6.08 Å². The monoisotopic (exact) mass is 286 g/mol. The molecule has 2 nitrogen and oxygen atoms in total. The average Bonchev–Trinajstić information content (AvgIpc) is 2.37. The lowest BCUT2D eigenvalue weighted by atomic mass is 9.94. The second-order valence-electron chi connectivity index (χ2n) is 6.40. The van der Waals surface area contributed by atoms with Crippen molar-refractivity contribution in [1.29, 1.82) is 0 Å². The molecule has 1 aromatic carbocycles. The van der Waals surface area contributed by atoms with E-state index in [-0.39, 0.29) is 5.60 Å². The highest BCUT2D eigenvalue weighted by molar-refractivity contribution is 5.67. The predicted octanol–water partition coefficient (Wildman–Crippen LogP) is 5.11. The second-order valence-corrected chi connectivity index (χ2v) is 6.40. The van der Waals surface area contributed by atoms with Crippen molar-refractivity contribution < 1.29 is 9.84 Å². The van der Waals surface area contributed by atoms with Gasteiger partial charge in [-0.3, -0.25) is 0 Å². The topological polar surface area (TPSA) is 29.5 Å². The molecule has 1 heterocycles. The zero-order valence-electron chi connectivity index (χ0n) is 13.5. The molecule has 0 aliphatic carbocycles. The van der Waals surface area contributed by atoms with Gasteiger partial charge in [-0.05, 0) is 49.1 Å². The number of ether oxygens (including phenoxy) is 1. The number of hydrogen-bond acceptors (Lipinski definition) is 2. The van der Waals surface area contributed by atoms with E-state index in [2.05, 4.69) is 45.9 Å². The Morgan fingerprint density at radius 2 is 2.10 bits per heavy atom. The van der Waals surface area contributed by atoms with Crippen LogP contribution in [0.1, 0.15) is 51.7 Å². The lowest BCUT2D eigenvalue weighted by molar-refractivity contribution is 0.140. The number of benzene rings is 1. The molecule has 2 rings (SSSR count). The molecule has 0 unspecified atom stereocenters. The molecule has 114 valence electrons. The summed E-state index contributed by atoms with van der Waals surface area (Å²) >= 11 is 0. The van der Waals surface area contributed by atoms with Gasteiger partial charge in [-0.2, -0.15) is 0 Å². The van der Waals surface area contributed by atoms with Gasteiger partial charge < -0.3 is 9.84 Å². The van der Waals surface area contributed by atoms with Gasteiger partial charge in [0.1, 0.15) is 17.1 Å². The molecule has 0 saturated heterocycles. The maximum absolute atomic E-state index is 10.1. The van der Waals surface area contributed by atoms with E-state index in [1.54, 1.807) is 0 Å². The first-order valence-corrected chi connectivity index (χ1v) is 7.84. The normalized spacial score (nSPS) is 20.8. The maximum Gasteiger partial charge on any atom is 0.131 e. The van der Waals surface area contributed by atoms with Crippen LogP contribution in [0.2, 0.25) is 0 Å². The number of aromatic hydroxyl groups is 1. The van der Waals surface area contributed by atoms with Gasteiger partial charge in [-0.25, -0.2) is 0 Å². The van der Waals surface area contributed by atoms with Gasteiger partial charge in [0.05, 0.1) is 5.56 Å². The maximum atomic E-state index is 10.1. The van der Waals surface area contributed by atoms with Crippen LogP contribution in [0, 0.1) is 5.92 Å². The molecule has 1 aliphatic heterocycles. The summed E-state index contributed by atoms with van der Waals surface area (Å²) in [5, 5.41) is 10.1. The zero-order valence-corrected chi connectivity index (χ0v) is 13.5. The van der Waals surface area contributed by atoms with Crippen molar-refractivity contribution in [3.05, 3.63) is 41.5 Å². The second kappa shape index (κ2) is 6.38. The molecular weight excluding hydrogens is 260 g/mol. The molecular formula is C19H26O2. The van der Waals surface area contributed by atoms with Gasteiger partial charge in [0.15, 0.2) is 0 Å². The molecule has 1 N–H and O–H groups in total. The van der Waals surface area contributed by atoms with Gasteiger partial charge >= 0.3 is 0 Å². The van der Waals surface area contributed by atoms with Crippen LogP contribution in [0.15, 0.2) is 30.4 Å². The fourth-order valence-corrected chi connectivity index (χ4v) is 2.58. The van der Waals surface area contributed by atoms with E-state index in [9.17, 15) is 5.11 Å². The molecule has 0 amide bonds. The van der Waals surface area contributed by atoms with E-state index < -0.39 is 0 Å². The lowest BCUT2D eigenvalue weighted by Crippen LogP contribution is -2.31. The fourth-order valence-electron chi connectivity index (χ4n) is 2.58. The molecule has 0 aromatic heterocycles. The molecule has 0 radical (unpaired) electrons. The van der Waals surface area contributed by atoms with Crippen LogP contribution in [0.25, 0.3) is 6.08 Å². The molecule has 2 heteroatoms. The van der Waals surface area contributed by atoms with E-state index in [0.29, 0.717) is 11.7 Å². The Labute approximate surface area is 128 Å². The minimum atomic E-state index is -0.338. The Morgan fingerprint density at radius 3 is 2.76 bits per heavy atom. The summed E-state index contributed by atoms with van der Waals surface area (Å²) in [6.45, 7) is 8.56. The van der Waals surface area contributed by atoms with Crippen molar-refractivity contribution in [3.63, 3.8) is 0 Å². The number of phenols is 1. The molecule has 1 aromatic rings. The van der Waals surface area contributed by atoms with Gasteiger partial charge in [0, 0.05) is 6.42 Å². The van der Waals surface area contributed by atoms with Crippen LogP contribution in [0.3, 0.4) is 0 Å². The summed E-state index contributed by atoms with van der Waals surface area (Å²) in [6.07, 6.45) is 11.2. The summed E-state index contributed by atoms with van der Waals surface area (Å²) in [5.41, 5.74) is 1.58. The highest BCUT2D eigenvalue weighted by atomic mass is 16.5. The summed E-state index contributed by atoms with van der Waals surface area (Å²) in [6, 6.07) is 3.91. The summed E-state index contributed by atoms with van der Waals surface area (Å²) in [5.74, 6) is 1.65. The van der Waals surface area contributed by atoms with E-state index in [4.69, 9.17) is 4.74 Å². The molecule has 0 saturated carbocycles. The smallest absolute Gasteiger partial charge is 0.131 e. The van der Waals surface area contributed by atoms with E-state index >= 15 is 0 Å². The molecule has 21 heavy (non-hydrogen) atoms. The number of aryl methyl sites for hydroxylation is 1. The van der Waals surface area contributed by atoms with Gasteiger partial charge in [-0.1, -0.05) is 39.3 Å². The van der Waals surface area contributed by atoms with Crippen LogP contribution in [0.5, 0.6) is 11.5 Å². The third kappa shape index (κ3) is 3.90. The first-order chi connectivity index (χ1) is 9.93. The quantitative estimate of drug-likeness (QED) is 0.762. The number of phenolic OH excluding ortho intramolecular Hbond substituents is 1. The summed E-state index contributed by atoms with van der Waals surface area (Å²) < 4.78 is 6.17. The average molecular weight is 286 g/mol. The number of rotatable bonds is 5. The Balaban J connectivity index is 2.22. The highest BCUT2D eigenvalue weighted by Crippen LogP contribution is 2.39. The molecule has 1 atom stereocenters. The van der Waals surface area contributed by atoms with E-state index in [1.807, 2.05) is 18.2 Å².